The van der Waals surface area contributed by atoms with E-state index in [1.54, 1.807) is 41.3 Å². The lowest BCUT2D eigenvalue weighted by Gasteiger charge is -2.23. The molecule has 1 aliphatic rings. The quantitative estimate of drug-likeness (QED) is 0.860. The monoisotopic (exact) mass is 358 g/mol. The molecular formula is C18H18N2O4S. The molecule has 0 bridgehead atoms. The smallest absolute Gasteiger partial charge is 0.305 e. The minimum atomic E-state index is -0.901. The number of hydrogen-bond donors (Lipinski definition) is 2. The molecule has 0 aliphatic carbocycles. The molecular weight excluding hydrogens is 340 g/mol. The third kappa shape index (κ3) is 4.06. The number of nitrogens with one attached hydrogen (secondary N) is 1. The van der Waals surface area contributed by atoms with E-state index >= 15 is 0 Å². The summed E-state index contributed by atoms with van der Waals surface area (Å²) in [5.41, 5.74) is 0.986. The van der Waals surface area contributed by atoms with Gasteiger partial charge in [0.15, 0.2) is 0 Å². The van der Waals surface area contributed by atoms with E-state index in [1.807, 2.05) is 5.38 Å². The van der Waals surface area contributed by atoms with E-state index in [0.717, 1.165) is 6.42 Å². The van der Waals surface area contributed by atoms with E-state index < -0.39 is 5.97 Å². The molecule has 1 atom stereocenters. The Morgan fingerprint density at radius 3 is 2.80 bits per heavy atom. The van der Waals surface area contributed by atoms with E-state index in [4.69, 9.17) is 5.11 Å². The lowest BCUT2D eigenvalue weighted by Crippen LogP contribution is -2.36. The van der Waals surface area contributed by atoms with Gasteiger partial charge in [-0.25, -0.2) is 0 Å². The number of carbonyl (C=O) groups excluding carboxylic acids is 2. The molecule has 2 amide bonds. The number of amides is 2. The molecule has 0 spiro atoms. The number of likely N-dealkylation sites (tertiary alicyclic amines) is 1. The van der Waals surface area contributed by atoms with E-state index in [-0.39, 0.29) is 24.3 Å². The van der Waals surface area contributed by atoms with Gasteiger partial charge in [0.1, 0.15) is 0 Å². The fraction of sp³-hybridized carbons (Fsp3) is 0.278. The molecule has 0 radical (unpaired) electrons. The highest BCUT2D eigenvalue weighted by Gasteiger charge is 2.31. The summed E-state index contributed by atoms with van der Waals surface area (Å²) in [5, 5.41) is 13.6. The third-order valence-electron chi connectivity index (χ3n) is 4.16. The number of aliphatic carboxylic acids is 1. The Kier molecular flexibility index (Phi) is 5.14. The molecule has 1 unspecified atom stereocenters. The number of thiophene rings is 1. The Morgan fingerprint density at radius 1 is 1.24 bits per heavy atom. The van der Waals surface area contributed by atoms with Gasteiger partial charge in [0, 0.05) is 23.8 Å². The van der Waals surface area contributed by atoms with Crippen molar-refractivity contribution >= 4 is 34.8 Å². The summed E-state index contributed by atoms with van der Waals surface area (Å²) in [7, 11) is 0. The second-order valence-corrected chi connectivity index (χ2v) is 6.85. The summed E-state index contributed by atoms with van der Waals surface area (Å²) in [6, 6.07) is 10.0. The molecule has 6 nitrogen and oxygen atoms in total. The van der Waals surface area contributed by atoms with Crippen molar-refractivity contribution in [3.8, 4) is 0 Å². The summed E-state index contributed by atoms with van der Waals surface area (Å²) in [6.07, 6.45) is 1.46. The summed E-state index contributed by atoms with van der Waals surface area (Å²) < 4.78 is 0. The minimum Gasteiger partial charge on any atom is -0.481 e. The number of hydrogen-bond acceptors (Lipinski definition) is 4. The van der Waals surface area contributed by atoms with Crippen molar-refractivity contribution in [2.75, 3.05) is 11.9 Å². The van der Waals surface area contributed by atoms with Crippen molar-refractivity contribution in [3.63, 3.8) is 0 Å². The van der Waals surface area contributed by atoms with Crippen molar-refractivity contribution < 1.29 is 19.5 Å². The van der Waals surface area contributed by atoms with Gasteiger partial charge in [0.2, 0.25) is 0 Å². The van der Waals surface area contributed by atoms with Crippen molar-refractivity contribution in [2.45, 2.75) is 25.3 Å². The fourth-order valence-electron chi connectivity index (χ4n) is 3.01. The maximum Gasteiger partial charge on any atom is 0.305 e. The zero-order valence-electron chi connectivity index (χ0n) is 13.5. The maximum absolute atomic E-state index is 12.7. The molecule has 130 valence electrons. The van der Waals surface area contributed by atoms with Crippen molar-refractivity contribution in [1.82, 2.24) is 4.90 Å². The molecule has 1 aliphatic heterocycles. The van der Waals surface area contributed by atoms with Crippen LogP contribution in [0.3, 0.4) is 0 Å². The van der Waals surface area contributed by atoms with Gasteiger partial charge in [-0.2, -0.15) is 0 Å². The van der Waals surface area contributed by atoms with E-state index in [1.165, 1.54) is 11.3 Å². The predicted octanol–water partition coefficient (Wildman–Crippen LogP) is 3.08. The van der Waals surface area contributed by atoms with Crippen molar-refractivity contribution in [3.05, 3.63) is 52.2 Å². The van der Waals surface area contributed by atoms with Gasteiger partial charge in [-0.3, -0.25) is 14.4 Å². The fourth-order valence-corrected chi connectivity index (χ4v) is 3.63. The Labute approximate surface area is 149 Å². The molecule has 1 fully saturated rings. The zero-order chi connectivity index (χ0) is 17.8. The van der Waals surface area contributed by atoms with Crippen molar-refractivity contribution in [1.29, 1.82) is 0 Å². The molecule has 3 rings (SSSR count). The summed E-state index contributed by atoms with van der Waals surface area (Å²) in [6.45, 7) is 0.558. The first kappa shape index (κ1) is 17.2. The largest absolute Gasteiger partial charge is 0.481 e. The second-order valence-electron chi connectivity index (χ2n) is 5.90. The number of carboxylic acid groups (broad SMARTS) is 1. The first-order valence-corrected chi connectivity index (χ1v) is 8.90. The van der Waals surface area contributed by atoms with E-state index in [9.17, 15) is 14.4 Å². The van der Waals surface area contributed by atoms with E-state index in [2.05, 4.69) is 5.32 Å². The number of nitrogens with zero attached hydrogens (tertiary/aromatic N) is 1. The first-order valence-electron chi connectivity index (χ1n) is 8.02. The van der Waals surface area contributed by atoms with Crippen LogP contribution in [-0.2, 0) is 4.79 Å². The average molecular weight is 358 g/mol. The number of rotatable bonds is 5. The predicted molar refractivity (Wildman–Crippen MR) is 95.0 cm³/mol. The number of anilines is 1. The lowest BCUT2D eigenvalue weighted by atomic mass is 10.1. The molecule has 1 saturated heterocycles. The summed E-state index contributed by atoms with van der Waals surface area (Å²) in [5.74, 6) is -1.32. The lowest BCUT2D eigenvalue weighted by molar-refractivity contribution is -0.137. The number of carboxylic acids is 1. The maximum atomic E-state index is 12.7. The Balaban J connectivity index is 1.73. The van der Waals surface area contributed by atoms with Gasteiger partial charge in [-0.15, -0.1) is 11.3 Å². The second kappa shape index (κ2) is 7.48. The van der Waals surface area contributed by atoms with Gasteiger partial charge in [-0.05, 0) is 42.5 Å². The van der Waals surface area contributed by atoms with Crippen LogP contribution in [0.1, 0.15) is 39.3 Å². The first-order chi connectivity index (χ1) is 12.0. The highest BCUT2D eigenvalue weighted by atomic mass is 32.1. The Hall–Kier alpha value is -2.67. The molecule has 2 heterocycles. The molecule has 0 saturated carbocycles. The van der Waals surface area contributed by atoms with Gasteiger partial charge >= 0.3 is 5.97 Å². The summed E-state index contributed by atoms with van der Waals surface area (Å²) in [4.78, 5) is 38.0. The number of benzene rings is 1. The molecule has 25 heavy (non-hydrogen) atoms. The van der Waals surface area contributed by atoms with Gasteiger partial charge in [0.05, 0.1) is 11.3 Å². The van der Waals surface area contributed by atoms with Crippen LogP contribution in [0.25, 0.3) is 0 Å². The van der Waals surface area contributed by atoms with Gasteiger partial charge in [-0.1, -0.05) is 12.1 Å². The molecule has 7 heteroatoms. The average Bonchev–Trinajstić information content (AvgIpc) is 3.25. The summed E-state index contributed by atoms with van der Waals surface area (Å²) >= 11 is 1.34. The molecule has 2 aromatic rings. The Morgan fingerprint density at radius 2 is 2.08 bits per heavy atom. The molecule has 1 aromatic carbocycles. The van der Waals surface area contributed by atoms with Crippen LogP contribution in [0.15, 0.2) is 41.8 Å². The van der Waals surface area contributed by atoms with Crippen LogP contribution in [0.2, 0.25) is 0 Å². The standard InChI is InChI=1S/C18H18N2O4S/c21-16(22)11-14-6-2-8-20(14)18(24)12-4-1-5-13(10-12)19-17(23)15-7-3-9-25-15/h1,3-5,7,9-10,14H,2,6,8,11H2,(H,19,23)(H,21,22). The van der Waals surface area contributed by atoms with Gasteiger partial charge < -0.3 is 15.3 Å². The van der Waals surface area contributed by atoms with Crippen molar-refractivity contribution in [2.24, 2.45) is 0 Å². The zero-order valence-corrected chi connectivity index (χ0v) is 14.3. The third-order valence-corrected chi connectivity index (χ3v) is 5.03. The van der Waals surface area contributed by atoms with Crippen LogP contribution in [0.4, 0.5) is 5.69 Å². The highest BCUT2D eigenvalue weighted by molar-refractivity contribution is 7.12. The SMILES string of the molecule is O=C(O)CC1CCCN1C(=O)c1cccc(NC(=O)c2cccs2)c1. The minimum absolute atomic E-state index is 0.0411. The van der Waals surface area contributed by atoms with Crippen LogP contribution in [0, 0.1) is 0 Å². The highest BCUT2D eigenvalue weighted by Crippen LogP contribution is 2.24. The number of carbonyl (C=O) groups is 3. The molecule has 1 aromatic heterocycles. The van der Waals surface area contributed by atoms with E-state index in [0.29, 0.717) is 29.1 Å². The van der Waals surface area contributed by atoms with Crippen LogP contribution in [0.5, 0.6) is 0 Å². The molecule has 2 N–H and O–H groups in total. The van der Waals surface area contributed by atoms with Gasteiger partial charge in [0.25, 0.3) is 11.8 Å². The van der Waals surface area contributed by atoms with Crippen LogP contribution < -0.4 is 5.32 Å². The topological polar surface area (TPSA) is 86.7 Å². The van der Waals surface area contributed by atoms with Crippen LogP contribution >= 0.6 is 11.3 Å². The van der Waals surface area contributed by atoms with Crippen LogP contribution in [-0.4, -0.2) is 40.4 Å². The Bertz CT molecular complexity index is 788. The normalized spacial score (nSPS) is 16.6.